The first kappa shape index (κ1) is 19.0. The molecule has 2 atom stereocenters. The van der Waals surface area contributed by atoms with Crippen molar-refractivity contribution in [3.8, 4) is 0 Å². The van der Waals surface area contributed by atoms with Crippen LogP contribution in [0.5, 0.6) is 0 Å². The maximum absolute atomic E-state index is 13.0. The van der Waals surface area contributed by atoms with Crippen LogP contribution in [0.3, 0.4) is 0 Å². The highest BCUT2D eigenvalue weighted by molar-refractivity contribution is 5.82. The van der Waals surface area contributed by atoms with Gasteiger partial charge in [-0.15, -0.1) is 0 Å². The Morgan fingerprint density at radius 2 is 1.89 bits per heavy atom. The summed E-state index contributed by atoms with van der Waals surface area (Å²) in [6.45, 7) is 4.92. The van der Waals surface area contributed by atoms with Gasteiger partial charge in [-0.3, -0.25) is 9.69 Å². The smallest absolute Gasteiger partial charge is 0.225 e. The van der Waals surface area contributed by atoms with Gasteiger partial charge in [0.25, 0.3) is 0 Å². The van der Waals surface area contributed by atoms with Gasteiger partial charge in [0.15, 0.2) is 0 Å². The number of piperazine rings is 1. The zero-order valence-corrected chi connectivity index (χ0v) is 16.5. The highest BCUT2D eigenvalue weighted by Crippen LogP contribution is 2.36. The van der Waals surface area contributed by atoms with Gasteiger partial charge < -0.3 is 15.0 Å². The lowest BCUT2D eigenvalue weighted by Crippen LogP contribution is -2.61. The Morgan fingerprint density at radius 1 is 1.11 bits per heavy atom. The van der Waals surface area contributed by atoms with E-state index in [1.165, 1.54) is 16.8 Å². The SMILES string of the molecule is COCCNC(=O)[C@@H]1Cc2ccccc2N2CCN(Cc3ccccc3)C[C@H]12. The fourth-order valence-corrected chi connectivity index (χ4v) is 4.51. The molecule has 2 aliphatic rings. The molecule has 0 spiro atoms. The van der Waals surface area contributed by atoms with Gasteiger partial charge in [-0.2, -0.15) is 0 Å². The predicted molar refractivity (Wildman–Crippen MR) is 111 cm³/mol. The summed E-state index contributed by atoms with van der Waals surface area (Å²) in [5.74, 6) is 0.105. The van der Waals surface area contributed by atoms with Crippen molar-refractivity contribution in [3.05, 3.63) is 65.7 Å². The molecule has 0 aromatic heterocycles. The van der Waals surface area contributed by atoms with E-state index in [0.29, 0.717) is 13.2 Å². The van der Waals surface area contributed by atoms with Crippen molar-refractivity contribution in [3.63, 3.8) is 0 Å². The number of hydrogen-bond donors (Lipinski definition) is 1. The molecule has 4 rings (SSSR count). The number of fused-ring (bicyclic) bond motifs is 3. The number of methoxy groups -OCH3 is 1. The first-order valence-corrected chi connectivity index (χ1v) is 10.1. The molecule has 28 heavy (non-hydrogen) atoms. The van der Waals surface area contributed by atoms with Gasteiger partial charge >= 0.3 is 0 Å². The number of ether oxygens (including phenoxy) is 1. The third kappa shape index (κ3) is 4.05. The van der Waals surface area contributed by atoms with E-state index >= 15 is 0 Å². The summed E-state index contributed by atoms with van der Waals surface area (Å²) in [5, 5.41) is 3.07. The van der Waals surface area contributed by atoms with Gasteiger partial charge in [-0.1, -0.05) is 48.5 Å². The molecular weight excluding hydrogens is 350 g/mol. The second kappa shape index (κ2) is 8.76. The van der Waals surface area contributed by atoms with Gasteiger partial charge in [0.1, 0.15) is 0 Å². The summed E-state index contributed by atoms with van der Waals surface area (Å²) in [5.41, 5.74) is 3.91. The van der Waals surface area contributed by atoms with Gasteiger partial charge in [0, 0.05) is 45.5 Å². The fraction of sp³-hybridized carbons (Fsp3) is 0.435. The van der Waals surface area contributed by atoms with E-state index < -0.39 is 0 Å². The van der Waals surface area contributed by atoms with E-state index in [-0.39, 0.29) is 17.9 Å². The molecule has 1 amide bonds. The maximum atomic E-state index is 13.0. The van der Waals surface area contributed by atoms with Gasteiger partial charge in [0.05, 0.1) is 18.6 Å². The second-order valence-electron chi connectivity index (χ2n) is 7.70. The molecule has 2 aromatic rings. The highest BCUT2D eigenvalue weighted by Gasteiger charge is 2.41. The number of carbonyl (C=O) groups is 1. The number of hydrogen-bond acceptors (Lipinski definition) is 4. The minimum Gasteiger partial charge on any atom is -0.383 e. The van der Waals surface area contributed by atoms with Gasteiger partial charge in [0.2, 0.25) is 5.91 Å². The van der Waals surface area contributed by atoms with Crippen molar-refractivity contribution in [1.29, 1.82) is 0 Å². The van der Waals surface area contributed by atoms with E-state index in [9.17, 15) is 4.79 Å². The number of rotatable bonds is 6. The van der Waals surface area contributed by atoms with Crippen LogP contribution in [0.2, 0.25) is 0 Å². The molecule has 1 saturated heterocycles. The van der Waals surface area contributed by atoms with Crippen molar-refractivity contribution >= 4 is 11.6 Å². The maximum Gasteiger partial charge on any atom is 0.225 e. The first-order valence-electron chi connectivity index (χ1n) is 10.1. The summed E-state index contributed by atoms with van der Waals surface area (Å²) < 4.78 is 5.09. The van der Waals surface area contributed by atoms with Crippen molar-refractivity contribution in [1.82, 2.24) is 10.2 Å². The Bertz CT molecular complexity index is 795. The Balaban J connectivity index is 1.53. The average molecular weight is 380 g/mol. The minimum atomic E-state index is -0.0367. The monoisotopic (exact) mass is 379 g/mol. The van der Waals surface area contributed by atoms with Gasteiger partial charge in [-0.05, 0) is 23.6 Å². The quantitative estimate of drug-likeness (QED) is 0.783. The summed E-state index contributed by atoms with van der Waals surface area (Å²) >= 11 is 0. The molecule has 0 bridgehead atoms. The lowest BCUT2D eigenvalue weighted by molar-refractivity contribution is -0.126. The van der Waals surface area contributed by atoms with E-state index in [4.69, 9.17) is 4.74 Å². The van der Waals surface area contributed by atoms with Crippen LogP contribution >= 0.6 is 0 Å². The fourth-order valence-electron chi connectivity index (χ4n) is 4.51. The topological polar surface area (TPSA) is 44.8 Å². The van der Waals surface area contributed by atoms with Crippen molar-refractivity contribution < 1.29 is 9.53 Å². The molecular formula is C23H29N3O2. The van der Waals surface area contributed by atoms with Crippen LogP contribution in [0.25, 0.3) is 0 Å². The first-order chi connectivity index (χ1) is 13.8. The summed E-state index contributed by atoms with van der Waals surface area (Å²) in [6.07, 6.45) is 0.801. The Labute approximate surface area is 167 Å². The lowest BCUT2D eigenvalue weighted by Gasteiger charge is -2.49. The highest BCUT2D eigenvalue weighted by atomic mass is 16.5. The minimum absolute atomic E-state index is 0.0367. The molecule has 2 aliphatic heterocycles. The van der Waals surface area contributed by atoms with Crippen LogP contribution in [0.15, 0.2) is 54.6 Å². The molecule has 0 aliphatic carbocycles. The molecule has 5 heteroatoms. The van der Waals surface area contributed by atoms with Crippen molar-refractivity contribution in [2.75, 3.05) is 44.8 Å². The van der Waals surface area contributed by atoms with E-state index in [1.807, 2.05) is 0 Å². The third-order valence-electron chi connectivity index (χ3n) is 5.90. The molecule has 2 heterocycles. The molecule has 1 fully saturated rings. The molecule has 5 nitrogen and oxygen atoms in total. The number of amides is 1. The van der Waals surface area contributed by atoms with Crippen LogP contribution in [-0.4, -0.2) is 56.7 Å². The van der Waals surface area contributed by atoms with Crippen LogP contribution < -0.4 is 10.2 Å². The molecule has 1 N–H and O–H groups in total. The molecule has 0 radical (unpaired) electrons. The van der Waals surface area contributed by atoms with Gasteiger partial charge in [-0.25, -0.2) is 0 Å². The van der Waals surface area contributed by atoms with Crippen LogP contribution in [0, 0.1) is 5.92 Å². The molecule has 2 aromatic carbocycles. The van der Waals surface area contributed by atoms with Crippen LogP contribution in [-0.2, 0) is 22.5 Å². The molecule has 0 unspecified atom stereocenters. The number of benzene rings is 2. The predicted octanol–water partition coefficient (Wildman–Crippen LogP) is 2.31. The van der Waals surface area contributed by atoms with Crippen molar-refractivity contribution in [2.24, 2.45) is 5.92 Å². The van der Waals surface area contributed by atoms with E-state index in [0.717, 1.165) is 32.6 Å². The van der Waals surface area contributed by atoms with Crippen LogP contribution in [0.1, 0.15) is 11.1 Å². The van der Waals surface area contributed by atoms with Crippen molar-refractivity contribution in [2.45, 2.75) is 19.0 Å². The number of anilines is 1. The number of carbonyl (C=O) groups excluding carboxylic acids is 1. The summed E-state index contributed by atoms with van der Waals surface area (Å²) in [4.78, 5) is 17.9. The summed E-state index contributed by atoms with van der Waals surface area (Å²) in [6, 6.07) is 19.3. The molecule has 148 valence electrons. The summed E-state index contributed by atoms with van der Waals surface area (Å²) in [7, 11) is 1.66. The number of nitrogens with one attached hydrogen (secondary N) is 1. The zero-order chi connectivity index (χ0) is 19.3. The average Bonchev–Trinajstić information content (AvgIpc) is 2.74. The largest absolute Gasteiger partial charge is 0.383 e. The van der Waals surface area contributed by atoms with E-state index in [2.05, 4.69) is 69.7 Å². The normalized spacial score (nSPS) is 21.7. The number of para-hydroxylation sites is 1. The Kier molecular flexibility index (Phi) is 5.93. The Morgan fingerprint density at radius 3 is 2.71 bits per heavy atom. The zero-order valence-electron chi connectivity index (χ0n) is 16.5. The third-order valence-corrected chi connectivity index (χ3v) is 5.90. The van der Waals surface area contributed by atoms with Crippen LogP contribution in [0.4, 0.5) is 5.69 Å². The second-order valence-corrected chi connectivity index (χ2v) is 7.70. The lowest BCUT2D eigenvalue weighted by atomic mass is 9.83. The Hall–Kier alpha value is -2.37. The molecule has 0 saturated carbocycles. The van der Waals surface area contributed by atoms with E-state index in [1.54, 1.807) is 7.11 Å². The standard InChI is InChI=1S/C23H29N3O2/c1-28-14-11-24-23(27)20-15-19-9-5-6-10-21(19)26-13-12-25(17-22(20)26)16-18-7-3-2-4-8-18/h2-10,20,22H,11-17H2,1H3,(H,24,27)/t20-,22-/m1/s1. The number of nitrogens with zero attached hydrogens (tertiary/aromatic N) is 2.